The number of hydrogen-bond donors (Lipinski definition) is 1. The van der Waals surface area contributed by atoms with E-state index < -0.39 is 30.1 Å². The molecule has 0 bridgehead atoms. The minimum atomic E-state index is -3.80. The van der Waals surface area contributed by atoms with Crippen LogP contribution in [-0.4, -0.2) is 38.0 Å². The Morgan fingerprint density at radius 2 is 2.00 bits per heavy atom. The van der Waals surface area contributed by atoms with Crippen molar-refractivity contribution in [2.75, 3.05) is 4.90 Å². The number of nitrogens with zero attached hydrogens (tertiary/aromatic N) is 5. The van der Waals surface area contributed by atoms with Crippen LogP contribution in [0, 0.1) is 17.1 Å². The van der Waals surface area contributed by atoms with Gasteiger partial charge in [0, 0.05) is 23.4 Å². The third-order valence-electron chi connectivity index (χ3n) is 5.96. The number of fused-ring (bicyclic) bond motifs is 2. The summed E-state index contributed by atoms with van der Waals surface area (Å²) in [7, 11) is 0. The number of rotatable bonds is 5. The van der Waals surface area contributed by atoms with E-state index in [1.54, 1.807) is 0 Å². The molecule has 186 valence electrons. The molecular formula is C24H15F3N6O4. The molecular weight excluding hydrogens is 493 g/mol. The molecule has 0 unspecified atom stereocenters. The number of benzene rings is 2. The van der Waals surface area contributed by atoms with Gasteiger partial charge < -0.3 is 19.4 Å². The van der Waals surface area contributed by atoms with E-state index in [1.807, 2.05) is 6.07 Å². The van der Waals surface area contributed by atoms with Gasteiger partial charge in [0.1, 0.15) is 29.1 Å². The van der Waals surface area contributed by atoms with Gasteiger partial charge in [-0.25, -0.2) is 14.1 Å². The Bertz CT molecular complexity index is 1690. The van der Waals surface area contributed by atoms with Crippen LogP contribution < -0.4 is 19.9 Å². The SMILES string of the molecule is N#Cc1cc(F)cc(-c2nn(CC(=O)N(c3ccc4c(c3)OC(F)(F)O4)C3CC3)c(=O)c3[nH]cnc23)c1. The Morgan fingerprint density at radius 1 is 1.22 bits per heavy atom. The van der Waals surface area contributed by atoms with Crippen molar-refractivity contribution in [3.05, 3.63) is 64.5 Å². The molecule has 2 aromatic heterocycles. The van der Waals surface area contributed by atoms with Gasteiger partial charge in [-0.05, 0) is 43.2 Å². The van der Waals surface area contributed by atoms with Crippen LogP contribution in [0.1, 0.15) is 18.4 Å². The Morgan fingerprint density at radius 3 is 2.76 bits per heavy atom. The minimum absolute atomic E-state index is 0.0441. The van der Waals surface area contributed by atoms with E-state index in [-0.39, 0.29) is 45.4 Å². The number of H-pyrrole nitrogens is 1. The lowest BCUT2D eigenvalue weighted by molar-refractivity contribution is -0.286. The summed E-state index contributed by atoms with van der Waals surface area (Å²) in [6.45, 7) is -0.498. The molecule has 0 atom stereocenters. The van der Waals surface area contributed by atoms with E-state index in [4.69, 9.17) is 0 Å². The molecule has 10 nitrogen and oxygen atoms in total. The number of halogens is 3. The number of hydrogen-bond acceptors (Lipinski definition) is 7. The molecule has 6 rings (SSSR count). The monoisotopic (exact) mass is 508 g/mol. The van der Waals surface area contributed by atoms with Gasteiger partial charge in [-0.2, -0.15) is 10.4 Å². The number of aromatic nitrogens is 4. The summed E-state index contributed by atoms with van der Waals surface area (Å²) in [5, 5.41) is 13.5. The first kappa shape index (κ1) is 22.6. The van der Waals surface area contributed by atoms with Crippen LogP contribution in [0.5, 0.6) is 11.5 Å². The molecule has 2 aromatic carbocycles. The molecule has 2 aliphatic rings. The number of nitrogens with one attached hydrogen (secondary N) is 1. The standard InChI is InChI=1S/C24H15F3N6O4/c25-14-6-12(9-28)5-13(7-14)20-21-22(30-11-29-21)23(35)32(31-20)10-19(34)33(15-1-2-15)16-3-4-17-18(8-16)37-24(26,27)36-17/h3-8,11,15H,1-2,10H2,(H,29,30). The predicted molar refractivity (Wildman–Crippen MR) is 121 cm³/mol. The number of aromatic amines is 1. The van der Waals surface area contributed by atoms with Gasteiger partial charge in [0.25, 0.3) is 5.56 Å². The Balaban J connectivity index is 1.38. The van der Waals surface area contributed by atoms with Crippen LogP contribution in [-0.2, 0) is 11.3 Å². The van der Waals surface area contributed by atoms with Gasteiger partial charge in [-0.15, -0.1) is 8.78 Å². The van der Waals surface area contributed by atoms with Crippen molar-refractivity contribution < 1.29 is 27.4 Å². The van der Waals surface area contributed by atoms with Crippen molar-refractivity contribution in [2.24, 2.45) is 0 Å². The molecule has 1 N–H and O–H groups in total. The number of imidazole rings is 1. The number of nitriles is 1. The lowest BCUT2D eigenvalue weighted by Gasteiger charge is -2.23. The van der Waals surface area contributed by atoms with Gasteiger partial charge in [-0.3, -0.25) is 9.59 Å². The lowest BCUT2D eigenvalue weighted by atomic mass is 10.1. The van der Waals surface area contributed by atoms with Crippen molar-refractivity contribution in [3.63, 3.8) is 0 Å². The van der Waals surface area contributed by atoms with Crippen molar-refractivity contribution in [2.45, 2.75) is 31.7 Å². The maximum Gasteiger partial charge on any atom is 0.586 e. The zero-order valence-corrected chi connectivity index (χ0v) is 18.7. The molecule has 0 saturated heterocycles. The van der Waals surface area contributed by atoms with E-state index in [0.29, 0.717) is 18.5 Å². The summed E-state index contributed by atoms with van der Waals surface area (Å²) in [5.41, 5.74) is 0.203. The topological polar surface area (TPSA) is 126 Å². The summed E-state index contributed by atoms with van der Waals surface area (Å²) in [6.07, 6.45) is -1.16. The Kier molecular flexibility index (Phi) is 4.94. The van der Waals surface area contributed by atoms with Crippen molar-refractivity contribution in [1.82, 2.24) is 19.7 Å². The van der Waals surface area contributed by atoms with Crippen LogP contribution in [0.3, 0.4) is 0 Å². The molecule has 13 heteroatoms. The first-order valence-electron chi connectivity index (χ1n) is 11.1. The van der Waals surface area contributed by atoms with Crippen molar-refractivity contribution in [3.8, 4) is 28.8 Å². The molecule has 1 aliphatic carbocycles. The number of anilines is 1. The summed E-state index contributed by atoms with van der Waals surface area (Å²) in [5.74, 6) is -1.57. The average molecular weight is 508 g/mol. The maximum atomic E-state index is 14.1. The first-order chi connectivity index (χ1) is 17.7. The van der Waals surface area contributed by atoms with E-state index in [1.165, 1.54) is 35.5 Å². The third kappa shape index (κ3) is 4.02. The number of carbonyl (C=O) groups is 1. The van der Waals surface area contributed by atoms with Gasteiger partial charge >= 0.3 is 6.29 Å². The van der Waals surface area contributed by atoms with E-state index in [0.717, 1.165) is 16.8 Å². The quantitative estimate of drug-likeness (QED) is 0.438. The second-order valence-electron chi connectivity index (χ2n) is 8.57. The molecule has 1 amide bonds. The highest BCUT2D eigenvalue weighted by atomic mass is 19.3. The molecule has 1 aliphatic heterocycles. The second kappa shape index (κ2) is 8.09. The van der Waals surface area contributed by atoms with Crippen LogP contribution in [0.2, 0.25) is 0 Å². The highest BCUT2D eigenvalue weighted by molar-refractivity contribution is 5.95. The van der Waals surface area contributed by atoms with Crippen molar-refractivity contribution >= 4 is 22.6 Å². The maximum absolute atomic E-state index is 14.1. The molecule has 1 fully saturated rings. The van der Waals surface area contributed by atoms with Crippen molar-refractivity contribution in [1.29, 1.82) is 5.26 Å². The normalized spacial score (nSPS) is 15.5. The van der Waals surface area contributed by atoms with Crippen LogP contribution >= 0.6 is 0 Å². The third-order valence-corrected chi connectivity index (χ3v) is 5.96. The van der Waals surface area contributed by atoms with Crippen LogP contribution in [0.4, 0.5) is 18.9 Å². The van der Waals surface area contributed by atoms with E-state index in [2.05, 4.69) is 24.5 Å². The number of ether oxygens (including phenoxy) is 2. The summed E-state index contributed by atoms with van der Waals surface area (Å²) in [6, 6.07) is 9.28. The molecule has 0 spiro atoms. The fourth-order valence-corrected chi connectivity index (χ4v) is 4.25. The van der Waals surface area contributed by atoms with Gasteiger partial charge in [0.2, 0.25) is 5.91 Å². The average Bonchev–Trinajstić information content (AvgIpc) is 3.45. The summed E-state index contributed by atoms with van der Waals surface area (Å²) >= 11 is 0. The van der Waals surface area contributed by atoms with E-state index >= 15 is 0 Å². The number of carbonyl (C=O) groups excluding carboxylic acids is 1. The van der Waals surface area contributed by atoms with E-state index in [9.17, 15) is 28.0 Å². The molecule has 37 heavy (non-hydrogen) atoms. The largest absolute Gasteiger partial charge is 0.586 e. The lowest BCUT2D eigenvalue weighted by Crippen LogP contribution is -2.39. The molecule has 3 heterocycles. The second-order valence-corrected chi connectivity index (χ2v) is 8.57. The molecule has 1 saturated carbocycles. The number of amides is 1. The first-order valence-corrected chi connectivity index (χ1v) is 11.1. The van der Waals surface area contributed by atoms with Crippen LogP contribution in [0.15, 0.2) is 47.5 Å². The fourth-order valence-electron chi connectivity index (χ4n) is 4.25. The smallest absolute Gasteiger partial charge is 0.395 e. The Labute approximate surface area is 205 Å². The van der Waals surface area contributed by atoms with Crippen LogP contribution in [0.25, 0.3) is 22.3 Å². The van der Waals surface area contributed by atoms with Gasteiger partial charge in [0.15, 0.2) is 11.5 Å². The van der Waals surface area contributed by atoms with Gasteiger partial charge in [0.05, 0.1) is 18.0 Å². The summed E-state index contributed by atoms with van der Waals surface area (Å²) < 4.78 is 50.9. The minimum Gasteiger partial charge on any atom is -0.395 e. The zero-order chi connectivity index (χ0) is 25.9. The molecule has 0 radical (unpaired) electrons. The number of alkyl halides is 2. The highest BCUT2D eigenvalue weighted by Crippen LogP contribution is 2.44. The highest BCUT2D eigenvalue weighted by Gasteiger charge is 2.44. The Hall–Kier alpha value is -4.86. The zero-order valence-electron chi connectivity index (χ0n) is 18.7. The fraction of sp³-hybridized carbons (Fsp3) is 0.208. The molecule has 4 aromatic rings. The van der Waals surface area contributed by atoms with Gasteiger partial charge in [-0.1, -0.05) is 0 Å². The summed E-state index contributed by atoms with van der Waals surface area (Å²) in [4.78, 5) is 34.7. The predicted octanol–water partition coefficient (Wildman–Crippen LogP) is 3.31.